The summed E-state index contributed by atoms with van der Waals surface area (Å²) in [6, 6.07) is -4.22. The Kier molecular flexibility index (Phi) is 41.4. The molecule has 10 amide bonds. The molecule has 0 aliphatic carbocycles. The van der Waals surface area contributed by atoms with Crippen molar-refractivity contribution in [3.05, 3.63) is 35.4 Å². The molecule has 0 aromatic heterocycles. The Morgan fingerprint density at radius 2 is 0.667 bits per heavy atom. The van der Waals surface area contributed by atoms with Crippen LogP contribution in [0.25, 0.3) is 0 Å². The van der Waals surface area contributed by atoms with Gasteiger partial charge in [-0.15, -0.1) is 0 Å². The van der Waals surface area contributed by atoms with Gasteiger partial charge in [0.25, 0.3) is 0 Å². The molecular formula is C56H92N10O29S. The highest BCUT2D eigenvalue weighted by Gasteiger charge is 2.37. The third kappa shape index (κ3) is 33.0. The van der Waals surface area contributed by atoms with Crippen LogP contribution in [0.4, 0.5) is 0 Å². The van der Waals surface area contributed by atoms with E-state index in [0.29, 0.717) is 17.5 Å². The molecule has 0 saturated carbocycles. The number of rotatable bonds is 50. The summed E-state index contributed by atoms with van der Waals surface area (Å²) in [5.74, 6) is -13.4. The van der Waals surface area contributed by atoms with Crippen molar-refractivity contribution in [3.8, 4) is 0 Å². The normalized spacial score (nSPS) is 17.0. The highest BCUT2D eigenvalue weighted by molar-refractivity contribution is 7.80. The second-order valence-electron chi connectivity index (χ2n) is 22.2. The van der Waals surface area contributed by atoms with Crippen molar-refractivity contribution >= 4 is 84.1 Å². The monoisotopic (exact) mass is 1400 g/mol. The number of carboxylic acids is 2. The van der Waals surface area contributed by atoms with Gasteiger partial charge < -0.3 is 140 Å². The Hall–Kier alpha value is -7.39. The van der Waals surface area contributed by atoms with Gasteiger partial charge in [-0.25, -0.2) is 0 Å². The summed E-state index contributed by atoms with van der Waals surface area (Å²) in [5.41, 5.74) is 0.971. The molecule has 0 fully saturated rings. The van der Waals surface area contributed by atoms with Crippen LogP contribution in [0, 0.1) is 0 Å². The van der Waals surface area contributed by atoms with Gasteiger partial charge in [-0.3, -0.25) is 57.5 Å². The van der Waals surface area contributed by atoms with Crippen LogP contribution in [-0.4, -0.2) is 313 Å². The van der Waals surface area contributed by atoms with Crippen molar-refractivity contribution in [2.75, 3.05) is 45.2 Å². The molecule has 0 heterocycles. The first kappa shape index (κ1) is 86.6. The average Bonchev–Trinajstić information content (AvgIpc) is 1.29. The summed E-state index contributed by atoms with van der Waals surface area (Å²) < 4.78 is 0. The summed E-state index contributed by atoms with van der Waals surface area (Å²) in [4.78, 5) is 159. The van der Waals surface area contributed by atoms with Gasteiger partial charge in [0.1, 0.15) is 85.1 Å². The summed E-state index contributed by atoms with van der Waals surface area (Å²) in [6.07, 6.45) is -31.9. The molecule has 39 nitrogen and oxygen atoms in total. The maximum atomic E-state index is 14.5. The Morgan fingerprint density at radius 3 is 0.948 bits per heavy atom. The fourth-order valence-electron chi connectivity index (χ4n) is 8.52. The lowest BCUT2D eigenvalue weighted by Gasteiger charge is -2.28. The molecule has 0 radical (unpaired) electrons. The van der Waals surface area contributed by atoms with E-state index in [1.54, 1.807) is 12.1 Å². The molecule has 27 N–H and O–H groups in total. The van der Waals surface area contributed by atoms with Gasteiger partial charge in [0.15, 0.2) is 0 Å². The van der Waals surface area contributed by atoms with E-state index in [4.69, 9.17) is 15.3 Å². The van der Waals surface area contributed by atoms with Crippen molar-refractivity contribution in [3.63, 3.8) is 0 Å². The number of hydrogen-bond acceptors (Lipinski definition) is 28. The molecule has 40 heteroatoms. The van der Waals surface area contributed by atoms with E-state index in [1.807, 2.05) is 0 Å². The molecule has 0 unspecified atom stereocenters. The molecule has 0 saturated heterocycles. The minimum Gasteiger partial charge on any atom is -0.481 e. The Morgan fingerprint density at radius 1 is 0.396 bits per heavy atom. The number of amides is 10. The average molecular weight is 1400 g/mol. The number of thiol groups is 1. The van der Waals surface area contributed by atoms with Gasteiger partial charge >= 0.3 is 11.9 Å². The van der Waals surface area contributed by atoms with Crippen LogP contribution in [0.2, 0.25) is 0 Å². The number of aliphatic hydroxyl groups is 15. The molecule has 0 aliphatic heterocycles. The fourth-order valence-corrected chi connectivity index (χ4v) is 8.61. The van der Waals surface area contributed by atoms with E-state index in [-0.39, 0.29) is 12.3 Å². The van der Waals surface area contributed by atoms with E-state index in [0.717, 1.165) is 0 Å². The third-order valence-corrected chi connectivity index (χ3v) is 14.9. The van der Waals surface area contributed by atoms with E-state index in [1.165, 1.54) is 19.1 Å². The van der Waals surface area contributed by atoms with Gasteiger partial charge in [-0.05, 0) is 50.2 Å². The Bertz CT molecular complexity index is 2640. The number of benzene rings is 1. The highest BCUT2D eigenvalue weighted by atomic mass is 32.1. The quantitative estimate of drug-likeness (QED) is 0.0213. The summed E-state index contributed by atoms with van der Waals surface area (Å²) in [6.45, 7) is -3.88. The Labute approximate surface area is 554 Å². The van der Waals surface area contributed by atoms with Crippen molar-refractivity contribution < 1.29 is 144 Å². The number of carboxylic acid groups (broad SMARTS) is 2. The van der Waals surface area contributed by atoms with Crippen LogP contribution in [-0.2, 0) is 70.5 Å². The first-order valence-electron chi connectivity index (χ1n) is 30.0. The lowest BCUT2D eigenvalue weighted by atomic mass is 10.0. The standard InChI is InChI=1S/C56H92N10O29S/c1-26(24-96)61-52(91)30(7-12-41(78)59-19-35(72)47(86)50(89)38(75)22-68)63-55(94)33(10-15-45(83)84)66-54(93)31(8-13-42(79)60-20-36(73)48(87)51(90)39(76)23-69)64-56(95)32(9-14-44(81)82)65-53(92)29(62-43(80)16-27-2-4-28(5-3-27)17-57-25-70)6-11-40(77)58-18-34(71)46(85)49(88)37(74)21-67/h2-5,25-26,29-39,46-51,67-69,71-76,85-90,96H,6-24H2,1H3,(H,57,70)(H,58,77)(H,59,78)(H,60,79)(H,61,91)(H,62,80)(H,63,94)(H,64,95)(H,65,92)(H,66,93)(H,81,82)(H,83,84)/t26-,29-,30-,31-,32+,33+,34-,35-,36-,37+,38+,39+,46+,47+,48+,49+,50+,51+/m0/s1. The minimum atomic E-state index is -2.17. The third-order valence-electron chi connectivity index (χ3n) is 14.4. The summed E-state index contributed by atoms with van der Waals surface area (Å²) in [5, 5.41) is 190. The molecule has 18 atom stereocenters. The molecule has 0 bridgehead atoms. The van der Waals surface area contributed by atoms with Crippen molar-refractivity contribution in [2.45, 2.75) is 194 Å². The summed E-state index contributed by atoms with van der Waals surface area (Å²) >= 11 is 4.11. The lowest BCUT2D eigenvalue weighted by molar-refractivity contribution is -0.139. The number of hydrogen-bond donors (Lipinski definition) is 28. The zero-order valence-electron chi connectivity index (χ0n) is 52.2. The molecular weight excluding hydrogens is 1310 g/mol. The largest absolute Gasteiger partial charge is 0.481 e. The number of nitrogens with one attached hydrogen (secondary N) is 10. The second-order valence-corrected chi connectivity index (χ2v) is 22.6. The molecule has 96 heavy (non-hydrogen) atoms. The van der Waals surface area contributed by atoms with Crippen molar-refractivity contribution in [2.24, 2.45) is 0 Å². The van der Waals surface area contributed by atoms with Gasteiger partial charge in [0.2, 0.25) is 59.6 Å². The van der Waals surface area contributed by atoms with Crippen LogP contribution in [0.5, 0.6) is 0 Å². The zero-order valence-corrected chi connectivity index (χ0v) is 53.1. The van der Waals surface area contributed by atoms with Gasteiger partial charge in [-0.1, -0.05) is 24.3 Å². The van der Waals surface area contributed by atoms with Crippen LogP contribution in [0.3, 0.4) is 0 Å². The SMILES string of the molecule is C[C@@H](CS)NC(=O)[C@H](CCC(=O)NC[C@H](O)[C@@H](O)[C@H](O)[C@H](O)CO)NC(=O)[C@@H](CCC(=O)O)NC(=O)[C@H](CCC(=O)NC[C@H](O)[C@@H](O)[C@H](O)[C@H](O)CO)NC(=O)[C@@H](CCC(=O)O)NC(=O)[C@H](CCC(=O)NC[C@H](O)[C@@H](O)[C@H](O)[C@H](O)CO)NC(=O)Cc1ccc(CNC=O)cc1. The number of carbonyl (C=O) groups excluding carboxylic acids is 10. The first-order chi connectivity index (χ1) is 45.1. The first-order valence-corrected chi connectivity index (χ1v) is 30.7. The predicted octanol–water partition coefficient (Wildman–Crippen LogP) is -12.9. The zero-order chi connectivity index (χ0) is 72.9. The number of aliphatic hydroxyl groups excluding tert-OH is 15. The maximum absolute atomic E-state index is 14.5. The van der Waals surface area contributed by atoms with Crippen LogP contribution in [0.15, 0.2) is 24.3 Å². The van der Waals surface area contributed by atoms with Gasteiger partial charge in [-0.2, -0.15) is 12.6 Å². The summed E-state index contributed by atoms with van der Waals surface area (Å²) in [7, 11) is 0. The Balaban J connectivity index is 3.84. The molecule has 0 spiro atoms. The van der Waals surface area contributed by atoms with E-state index < -0.39 is 285 Å². The highest BCUT2D eigenvalue weighted by Crippen LogP contribution is 2.13. The van der Waals surface area contributed by atoms with Crippen molar-refractivity contribution in [1.29, 1.82) is 0 Å². The van der Waals surface area contributed by atoms with Crippen LogP contribution >= 0.6 is 12.6 Å². The van der Waals surface area contributed by atoms with E-state index in [2.05, 4.69) is 65.8 Å². The fraction of sp³-hybridized carbons (Fsp3) is 0.679. The number of aliphatic carboxylic acids is 2. The topological polar surface area (TPSA) is 669 Å². The van der Waals surface area contributed by atoms with Gasteiger partial charge in [0.05, 0.1) is 44.6 Å². The predicted molar refractivity (Wildman–Crippen MR) is 328 cm³/mol. The molecule has 1 aromatic rings. The molecule has 546 valence electrons. The molecule has 0 aliphatic rings. The molecule has 1 rings (SSSR count). The van der Waals surface area contributed by atoms with Gasteiger partial charge in [0, 0.05) is 70.1 Å². The minimum absolute atomic E-state index is 0.0266. The smallest absolute Gasteiger partial charge is 0.303 e. The van der Waals surface area contributed by atoms with Crippen LogP contribution < -0.4 is 53.2 Å². The van der Waals surface area contributed by atoms with Crippen molar-refractivity contribution in [1.82, 2.24) is 53.2 Å². The molecule has 1 aromatic carbocycles. The van der Waals surface area contributed by atoms with E-state index >= 15 is 0 Å². The maximum Gasteiger partial charge on any atom is 0.303 e. The van der Waals surface area contributed by atoms with E-state index in [9.17, 15) is 129 Å². The van der Waals surface area contributed by atoms with Crippen LogP contribution in [0.1, 0.15) is 82.3 Å². The second kappa shape index (κ2) is 45.9. The lowest BCUT2D eigenvalue weighted by Crippen LogP contribution is -2.59. The number of carbonyl (C=O) groups is 12.